The maximum Gasteiger partial charge on any atom is 0.417 e. The van der Waals surface area contributed by atoms with Crippen LogP contribution in [0, 0.1) is 0 Å². The number of amides is 1. The van der Waals surface area contributed by atoms with E-state index in [0.717, 1.165) is 0 Å². The summed E-state index contributed by atoms with van der Waals surface area (Å²) >= 11 is 3.15. The van der Waals surface area contributed by atoms with Crippen molar-refractivity contribution in [1.82, 2.24) is 9.88 Å². The third kappa shape index (κ3) is 5.36. The minimum atomic E-state index is -4.50. The zero-order chi connectivity index (χ0) is 15.6. The third-order valence-corrected chi connectivity index (χ3v) is 2.75. The van der Waals surface area contributed by atoms with Crippen molar-refractivity contribution in [3.8, 4) is 5.88 Å². The second-order valence-electron chi connectivity index (χ2n) is 5.05. The second kappa shape index (κ2) is 5.99. The van der Waals surface area contributed by atoms with Gasteiger partial charge in [0.05, 0.1) is 0 Å². The summed E-state index contributed by atoms with van der Waals surface area (Å²) in [5, 5.41) is 0. The Morgan fingerprint density at radius 2 is 2.00 bits per heavy atom. The van der Waals surface area contributed by atoms with Crippen LogP contribution in [0.5, 0.6) is 5.88 Å². The molecule has 0 aliphatic carbocycles. The molecule has 0 saturated heterocycles. The molecule has 0 radical (unpaired) electrons. The van der Waals surface area contributed by atoms with E-state index in [4.69, 9.17) is 4.74 Å². The highest BCUT2D eigenvalue weighted by Crippen LogP contribution is 2.24. The van der Waals surface area contributed by atoms with Crippen molar-refractivity contribution in [2.24, 2.45) is 0 Å². The third-order valence-electron chi connectivity index (χ3n) is 2.26. The molecule has 0 atom stereocenters. The molecule has 1 aromatic rings. The number of hydrogen-bond donors (Lipinski definition) is 0. The monoisotopic (exact) mass is 354 g/mol. The van der Waals surface area contributed by atoms with Crippen LogP contribution in [0.15, 0.2) is 22.8 Å². The maximum absolute atomic E-state index is 12.5. The van der Waals surface area contributed by atoms with Gasteiger partial charge in [-0.1, -0.05) is 15.9 Å². The summed E-state index contributed by atoms with van der Waals surface area (Å²) in [5.74, 6) is -0.0687. The first-order valence-electron chi connectivity index (χ1n) is 5.67. The molecule has 1 amide bonds. The number of halogens is 4. The van der Waals surface area contributed by atoms with E-state index in [9.17, 15) is 18.0 Å². The molecular weight excluding hydrogens is 341 g/mol. The number of alkyl halides is 3. The number of carbonyl (C=O) groups excluding carboxylic acids is 1. The van der Waals surface area contributed by atoms with Crippen molar-refractivity contribution in [3.05, 3.63) is 22.8 Å². The van der Waals surface area contributed by atoms with E-state index < -0.39 is 24.4 Å². The van der Waals surface area contributed by atoms with Crippen molar-refractivity contribution >= 4 is 22.0 Å². The van der Waals surface area contributed by atoms with Crippen molar-refractivity contribution in [2.75, 3.05) is 6.54 Å². The van der Waals surface area contributed by atoms with Gasteiger partial charge in [0, 0.05) is 22.3 Å². The maximum atomic E-state index is 12.5. The van der Waals surface area contributed by atoms with E-state index in [0.29, 0.717) is 9.37 Å². The molecule has 20 heavy (non-hydrogen) atoms. The van der Waals surface area contributed by atoms with Gasteiger partial charge in [0.15, 0.2) is 0 Å². The standard InChI is InChI=1S/C12H14BrF3N2O2/c1-11(2,3)18(7-12(14,15)16)10(19)20-9-6-8(13)4-5-17-9/h4-6H,7H2,1-3H3. The molecule has 4 nitrogen and oxygen atoms in total. The van der Waals surface area contributed by atoms with E-state index in [1.807, 2.05) is 0 Å². The normalized spacial score (nSPS) is 12.2. The quantitative estimate of drug-likeness (QED) is 0.805. The molecule has 1 rings (SSSR count). The minimum absolute atomic E-state index is 0.0687. The minimum Gasteiger partial charge on any atom is -0.391 e. The molecule has 0 fully saturated rings. The summed E-state index contributed by atoms with van der Waals surface area (Å²) in [7, 11) is 0. The SMILES string of the molecule is CC(C)(C)N(CC(F)(F)F)C(=O)Oc1cc(Br)ccn1. The fourth-order valence-electron chi connectivity index (χ4n) is 1.34. The Labute approximate surface area is 123 Å². The molecule has 0 aliphatic heterocycles. The van der Waals surface area contributed by atoms with Gasteiger partial charge in [0.2, 0.25) is 5.88 Å². The fraction of sp³-hybridized carbons (Fsp3) is 0.500. The largest absolute Gasteiger partial charge is 0.417 e. The number of pyridine rings is 1. The highest BCUT2D eigenvalue weighted by Gasteiger charge is 2.39. The summed E-state index contributed by atoms with van der Waals surface area (Å²) < 4.78 is 43.1. The van der Waals surface area contributed by atoms with Crippen LogP contribution in [0.25, 0.3) is 0 Å². The Hall–Kier alpha value is -1.31. The zero-order valence-electron chi connectivity index (χ0n) is 11.2. The van der Waals surface area contributed by atoms with Gasteiger partial charge in [-0.3, -0.25) is 4.90 Å². The van der Waals surface area contributed by atoms with Crippen LogP contribution in [-0.2, 0) is 0 Å². The lowest BCUT2D eigenvalue weighted by molar-refractivity contribution is -0.149. The van der Waals surface area contributed by atoms with E-state index in [1.54, 1.807) is 6.07 Å². The second-order valence-corrected chi connectivity index (χ2v) is 5.97. The highest BCUT2D eigenvalue weighted by molar-refractivity contribution is 9.10. The first-order valence-corrected chi connectivity index (χ1v) is 6.46. The van der Waals surface area contributed by atoms with Crippen LogP contribution >= 0.6 is 15.9 Å². The molecule has 0 saturated carbocycles. The molecule has 1 aromatic heterocycles. The van der Waals surface area contributed by atoms with Crippen LogP contribution in [-0.4, -0.2) is 34.2 Å². The molecule has 0 aliphatic rings. The van der Waals surface area contributed by atoms with Crippen LogP contribution < -0.4 is 4.74 Å². The topological polar surface area (TPSA) is 42.4 Å². The van der Waals surface area contributed by atoms with Crippen LogP contribution in [0.4, 0.5) is 18.0 Å². The van der Waals surface area contributed by atoms with Crippen LogP contribution in [0.2, 0.25) is 0 Å². The first kappa shape index (κ1) is 16.7. The van der Waals surface area contributed by atoms with Crippen LogP contribution in [0.3, 0.4) is 0 Å². The van der Waals surface area contributed by atoms with E-state index in [2.05, 4.69) is 20.9 Å². The Kier molecular flexibility index (Phi) is 5.01. The summed E-state index contributed by atoms with van der Waals surface area (Å²) in [6.07, 6.45) is -4.23. The number of rotatable bonds is 2. The summed E-state index contributed by atoms with van der Waals surface area (Å²) in [6.45, 7) is 3.10. The molecule has 0 aromatic carbocycles. The average molecular weight is 355 g/mol. The summed E-state index contributed by atoms with van der Waals surface area (Å²) in [6, 6.07) is 3.00. The number of nitrogens with zero attached hydrogens (tertiary/aromatic N) is 2. The lowest BCUT2D eigenvalue weighted by Gasteiger charge is -2.34. The van der Waals surface area contributed by atoms with Gasteiger partial charge in [-0.15, -0.1) is 0 Å². The first-order chi connectivity index (χ1) is 8.99. The lowest BCUT2D eigenvalue weighted by atomic mass is 10.1. The van der Waals surface area contributed by atoms with Crippen molar-refractivity contribution in [1.29, 1.82) is 0 Å². The Morgan fingerprint density at radius 1 is 1.40 bits per heavy atom. The summed E-state index contributed by atoms with van der Waals surface area (Å²) in [5.41, 5.74) is -1.03. The predicted octanol–water partition coefficient (Wildman–Crippen LogP) is 4.01. The summed E-state index contributed by atoms with van der Waals surface area (Å²) in [4.78, 5) is 16.3. The van der Waals surface area contributed by atoms with E-state index in [-0.39, 0.29) is 5.88 Å². The molecule has 0 bridgehead atoms. The molecule has 8 heteroatoms. The predicted molar refractivity (Wildman–Crippen MR) is 70.5 cm³/mol. The fourth-order valence-corrected chi connectivity index (χ4v) is 1.65. The number of hydrogen-bond acceptors (Lipinski definition) is 3. The van der Waals surface area contributed by atoms with Gasteiger partial charge in [-0.05, 0) is 26.8 Å². The van der Waals surface area contributed by atoms with Crippen molar-refractivity contribution in [3.63, 3.8) is 0 Å². The van der Waals surface area contributed by atoms with E-state index in [1.165, 1.54) is 33.0 Å². The van der Waals surface area contributed by atoms with Crippen LogP contribution in [0.1, 0.15) is 20.8 Å². The highest BCUT2D eigenvalue weighted by atomic mass is 79.9. The van der Waals surface area contributed by atoms with Gasteiger partial charge in [0.1, 0.15) is 6.54 Å². The Balaban J connectivity index is 2.89. The number of carbonyl (C=O) groups is 1. The van der Waals surface area contributed by atoms with Gasteiger partial charge >= 0.3 is 12.3 Å². The molecule has 1 heterocycles. The van der Waals surface area contributed by atoms with Crippen molar-refractivity contribution < 1.29 is 22.7 Å². The molecule has 0 unspecified atom stereocenters. The zero-order valence-corrected chi connectivity index (χ0v) is 12.7. The van der Waals surface area contributed by atoms with Gasteiger partial charge < -0.3 is 4.74 Å². The van der Waals surface area contributed by atoms with Crippen molar-refractivity contribution in [2.45, 2.75) is 32.5 Å². The lowest BCUT2D eigenvalue weighted by Crippen LogP contribution is -2.51. The van der Waals surface area contributed by atoms with E-state index >= 15 is 0 Å². The van der Waals surface area contributed by atoms with Gasteiger partial charge in [0.25, 0.3) is 0 Å². The number of ether oxygens (including phenoxy) is 1. The molecule has 112 valence electrons. The van der Waals surface area contributed by atoms with Gasteiger partial charge in [-0.25, -0.2) is 9.78 Å². The number of aromatic nitrogens is 1. The Morgan fingerprint density at radius 3 is 2.45 bits per heavy atom. The molecule has 0 spiro atoms. The smallest absolute Gasteiger partial charge is 0.391 e. The average Bonchev–Trinajstić information content (AvgIpc) is 2.23. The van der Waals surface area contributed by atoms with Gasteiger partial charge in [-0.2, -0.15) is 13.2 Å². The molecular formula is C12H14BrF3N2O2. The molecule has 0 N–H and O–H groups in total. The Bertz CT molecular complexity index is 486.